The van der Waals surface area contributed by atoms with Crippen LogP contribution in [0.5, 0.6) is 0 Å². The molecule has 5 heteroatoms. The number of para-hydroxylation sites is 1. The Balaban J connectivity index is 1.96. The van der Waals surface area contributed by atoms with Crippen molar-refractivity contribution in [1.29, 1.82) is 0 Å². The van der Waals surface area contributed by atoms with Crippen LogP contribution in [0.4, 0.5) is 0 Å². The molecule has 21 heavy (non-hydrogen) atoms. The fourth-order valence-electron chi connectivity index (χ4n) is 2.59. The van der Waals surface area contributed by atoms with E-state index in [2.05, 4.69) is 69.5 Å². The molecule has 0 aliphatic heterocycles. The highest BCUT2D eigenvalue weighted by molar-refractivity contribution is 14.1. The third-order valence-corrected chi connectivity index (χ3v) is 4.39. The molecule has 0 saturated carbocycles. The Bertz CT molecular complexity index is 749. The Morgan fingerprint density at radius 3 is 2.62 bits per heavy atom. The highest BCUT2D eigenvalue weighted by Crippen LogP contribution is 2.25. The number of nitrogens with one attached hydrogen (secondary N) is 1. The number of hydrazine groups is 1. The molecule has 0 aliphatic rings. The summed E-state index contributed by atoms with van der Waals surface area (Å²) < 4.78 is 3.14. The summed E-state index contributed by atoms with van der Waals surface area (Å²) in [5, 5.41) is 5.79. The summed E-state index contributed by atoms with van der Waals surface area (Å²) in [7, 11) is 1.96. The van der Waals surface area contributed by atoms with E-state index in [1.54, 1.807) is 0 Å². The predicted molar refractivity (Wildman–Crippen MR) is 93.6 cm³/mol. The van der Waals surface area contributed by atoms with Crippen LogP contribution in [0.3, 0.4) is 0 Å². The van der Waals surface area contributed by atoms with Crippen LogP contribution in [0.25, 0.3) is 10.9 Å². The summed E-state index contributed by atoms with van der Waals surface area (Å²) in [6.45, 7) is 0. The van der Waals surface area contributed by atoms with Gasteiger partial charge in [0.15, 0.2) is 0 Å². The average Bonchev–Trinajstić information content (AvgIpc) is 2.84. The van der Waals surface area contributed by atoms with Crippen molar-refractivity contribution in [3.63, 3.8) is 0 Å². The lowest BCUT2D eigenvalue weighted by Gasteiger charge is -2.14. The number of aromatic nitrogens is 2. The molecular weight excluding hydrogens is 375 g/mol. The second-order valence-electron chi connectivity index (χ2n) is 5.08. The lowest BCUT2D eigenvalue weighted by molar-refractivity contribution is 0.532. The zero-order valence-electron chi connectivity index (χ0n) is 11.8. The molecule has 0 amide bonds. The summed E-state index contributed by atoms with van der Waals surface area (Å²) in [6, 6.07) is 16.7. The molecular formula is C16H17IN4. The van der Waals surface area contributed by atoms with Crippen molar-refractivity contribution in [2.24, 2.45) is 12.9 Å². The summed E-state index contributed by atoms with van der Waals surface area (Å²) in [5.41, 5.74) is 6.27. The number of nitrogens with zero attached hydrogens (tertiary/aromatic N) is 2. The maximum Gasteiger partial charge on any atom is 0.0889 e. The van der Waals surface area contributed by atoms with Crippen molar-refractivity contribution < 1.29 is 0 Å². The Kier molecular flexibility index (Phi) is 4.23. The van der Waals surface area contributed by atoms with Crippen molar-refractivity contribution in [3.05, 3.63) is 63.4 Å². The van der Waals surface area contributed by atoms with E-state index in [1.165, 1.54) is 9.13 Å². The molecule has 1 heterocycles. The number of halogens is 1. The van der Waals surface area contributed by atoms with Crippen molar-refractivity contribution in [2.75, 3.05) is 0 Å². The Morgan fingerprint density at radius 1 is 1.19 bits per heavy atom. The summed E-state index contributed by atoms with van der Waals surface area (Å²) in [4.78, 5) is 0. The van der Waals surface area contributed by atoms with Crippen LogP contribution in [-0.4, -0.2) is 9.78 Å². The smallest absolute Gasteiger partial charge is 0.0889 e. The fraction of sp³-hybridized carbons (Fsp3) is 0.188. The quantitative estimate of drug-likeness (QED) is 0.408. The molecule has 3 rings (SSSR count). The van der Waals surface area contributed by atoms with Gasteiger partial charge in [0.1, 0.15) is 0 Å². The van der Waals surface area contributed by atoms with Crippen LogP contribution in [-0.2, 0) is 13.5 Å². The predicted octanol–water partition coefficient (Wildman–Crippen LogP) is 2.93. The van der Waals surface area contributed by atoms with E-state index >= 15 is 0 Å². The van der Waals surface area contributed by atoms with Gasteiger partial charge in [-0.15, -0.1) is 0 Å². The number of hydrogen-bond acceptors (Lipinski definition) is 3. The second kappa shape index (κ2) is 6.13. The molecule has 3 N–H and O–H groups in total. The van der Waals surface area contributed by atoms with E-state index < -0.39 is 0 Å². The molecule has 108 valence electrons. The van der Waals surface area contributed by atoms with Gasteiger partial charge in [0.2, 0.25) is 0 Å². The standard InChI is InChI=1S/C16H17IN4/c1-21-15-5-3-2-4-13(15)16(20-21)14(19-18)10-11-6-8-12(17)9-7-11/h2-9,14,19H,10,18H2,1H3. The molecule has 1 unspecified atom stereocenters. The maximum atomic E-state index is 5.78. The van der Waals surface area contributed by atoms with Crippen LogP contribution >= 0.6 is 22.6 Å². The molecule has 0 spiro atoms. The minimum absolute atomic E-state index is 0.00355. The Labute approximate surface area is 137 Å². The number of benzene rings is 2. The molecule has 1 atom stereocenters. The van der Waals surface area contributed by atoms with Crippen molar-refractivity contribution in [1.82, 2.24) is 15.2 Å². The first-order chi connectivity index (χ1) is 10.2. The first-order valence-electron chi connectivity index (χ1n) is 6.81. The van der Waals surface area contributed by atoms with Crippen LogP contribution in [0.2, 0.25) is 0 Å². The lowest BCUT2D eigenvalue weighted by atomic mass is 10.0. The molecule has 1 aromatic heterocycles. The first kappa shape index (κ1) is 14.5. The molecule has 0 radical (unpaired) electrons. The van der Waals surface area contributed by atoms with Gasteiger partial charge in [0.25, 0.3) is 0 Å². The van der Waals surface area contributed by atoms with E-state index in [1.807, 2.05) is 23.9 Å². The average molecular weight is 392 g/mol. The summed E-state index contributed by atoms with van der Waals surface area (Å²) in [6.07, 6.45) is 0.814. The van der Waals surface area contributed by atoms with E-state index in [-0.39, 0.29) is 6.04 Å². The van der Waals surface area contributed by atoms with E-state index in [9.17, 15) is 0 Å². The summed E-state index contributed by atoms with van der Waals surface area (Å²) >= 11 is 2.31. The molecule has 3 aromatic rings. The van der Waals surface area contributed by atoms with Gasteiger partial charge in [-0.3, -0.25) is 16.0 Å². The summed E-state index contributed by atoms with van der Waals surface area (Å²) in [5.74, 6) is 5.78. The van der Waals surface area contributed by atoms with E-state index in [4.69, 9.17) is 5.84 Å². The van der Waals surface area contributed by atoms with Crippen LogP contribution in [0, 0.1) is 3.57 Å². The first-order valence-corrected chi connectivity index (χ1v) is 7.89. The van der Waals surface area contributed by atoms with Gasteiger partial charge in [-0.05, 0) is 52.8 Å². The topological polar surface area (TPSA) is 55.9 Å². The Morgan fingerprint density at radius 2 is 1.90 bits per heavy atom. The molecule has 4 nitrogen and oxygen atoms in total. The van der Waals surface area contributed by atoms with Crippen molar-refractivity contribution in [3.8, 4) is 0 Å². The fourth-order valence-corrected chi connectivity index (χ4v) is 2.95. The largest absolute Gasteiger partial charge is 0.271 e. The van der Waals surface area contributed by atoms with Gasteiger partial charge in [-0.1, -0.05) is 30.3 Å². The zero-order chi connectivity index (χ0) is 14.8. The van der Waals surface area contributed by atoms with Gasteiger partial charge in [0.05, 0.1) is 17.3 Å². The number of hydrogen-bond donors (Lipinski definition) is 2. The third-order valence-electron chi connectivity index (χ3n) is 3.67. The van der Waals surface area contributed by atoms with Crippen LogP contribution in [0.1, 0.15) is 17.3 Å². The van der Waals surface area contributed by atoms with Gasteiger partial charge in [0, 0.05) is 16.0 Å². The highest BCUT2D eigenvalue weighted by Gasteiger charge is 2.18. The third kappa shape index (κ3) is 2.95. The molecule has 0 bridgehead atoms. The Hall–Kier alpha value is -1.44. The van der Waals surface area contributed by atoms with Gasteiger partial charge < -0.3 is 0 Å². The van der Waals surface area contributed by atoms with E-state index in [0.29, 0.717) is 0 Å². The number of aryl methyl sites for hydroxylation is 1. The van der Waals surface area contributed by atoms with Gasteiger partial charge >= 0.3 is 0 Å². The number of fused-ring (bicyclic) bond motifs is 1. The second-order valence-corrected chi connectivity index (χ2v) is 6.32. The molecule has 2 aromatic carbocycles. The SMILES string of the molecule is Cn1nc(C(Cc2ccc(I)cc2)NN)c2ccccc21. The van der Waals surface area contributed by atoms with E-state index in [0.717, 1.165) is 23.0 Å². The molecule has 0 fully saturated rings. The van der Waals surface area contributed by atoms with Crippen molar-refractivity contribution >= 4 is 33.5 Å². The van der Waals surface area contributed by atoms with Gasteiger partial charge in [-0.2, -0.15) is 5.10 Å². The number of rotatable bonds is 4. The van der Waals surface area contributed by atoms with Crippen LogP contribution in [0.15, 0.2) is 48.5 Å². The maximum absolute atomic E-state index is 5.78. The number of nitrogens with two attached hydrogens (primary N) is 1. The van der Waals surface area contributed by atoms with Crippen molar-refractivity contribution in [2.45, 2.75) is 12.5 Å². The minimum atomic E-state index is -0.00355. The van der Waals surface area contributed by atoms with Crippen LogP contribution < -0.4 is 11.3 Å². The minimum Gasteiger partial charge on any atom is -0.271 e. The van der Waals surface area contributed by atoms with Gasteiger partial charge in [-0.25, -0.2) is 0 Å². The molecule has 0 aliphatic carbocycles. The highest BCUT2D eigenvalue weighted by atomic mass is 127. The molecule has 0 saturated heterocycles. The zero-order valence-corrected chi connectivity index (χ0v) is 13.9. The normalized spacial score (nSPS) is 12.7. The lowest BCUT2D eigenvalue weighted by Crippen LogP contribution is -2.30. The monoisotopic (exact) mass is 392 g/mol.